The Bertz CT molecular complexity index is 1680. The van der Waals surface area contributed by atoms with Crippen LogP contribution in [0.1, 0.15) is 24.1 Å². The fourth-order valence-electron chi connectivity index (χ4n) is 5.11. The van der Waals surface area contributed by atoms with Crippen LogP contribution in [0, 0.1) is 5.82 Å². The van der Waals surface area contributed by atoms with Crippen molar-refractivity contribution in [2.24, 2.45) is 0 Å². The van der Waals surface area contributed by atoms with Gasteiger partial charge in [0.1, 0.15) is 21.6 Å². The zero-order valence-corrected chi connectivity index (χ0v) is 23.4. The van der Waals surface area contributed by atoms with Gasteiger partial charge in [-0.25, -0.2) is 9.37 Å². The number of carbonyl (C=O) groups is 1. The van der Waals surface area contributed by atoms with E-state index in [2.05, 4.69) is 9.80 Å². The van der Waals surface area contributed by atoms with E-state index in [1.165, 1.54) is 28.3 Å². The number of hydrogen-bond acceptors (Lipinski definition) is 7. The summed E-state index contributed by atoms with van der Waals surface area (Å²) < 4.78 is 15.4. The number of carbonyl (C=O) groups excluding carboxylic acids is 1. The lowest BCUT2D eigenvalue weighted by atomic mass is 10.1. The van der Waals surface area contributed by atoms with Gasteiger partial charge in [0, 0.05) is 38.1 Å². The van der Waals surface area contributed by atoms with E-state index in [1.54, 1.807) is 41.4 Å². The van der Waals surface area contributed by atoms with Crippen molar-refractivity contribution >= 4 is 57.4 Å². The number of benzene rings is 2. The van der Waals surface area contributed by atoms with Crippen LogP contribution < -0.4 is 15.4 Å². The highest BCUT2D eigenvalue weighted by Crippen LogP contribution is 2.38. The van der Waals surface area contributed by atoms with Gasteiger partial charge in [-0.15, -0.1) is 0 Å². The Balaban J connectivity index is 1.34. The van der Waals surface area contributed by atoms with Gasteiger partial charge < -0.3 is 9.80 Å². The average Bonchev–Trinajstić information content (AvgIpc) is 3.27. The van der Waals surface area contributed by atoms with E-state index in [1.807, 2.05) is 43.3 Å². The number of hydrogen-bond donors (Lipinski definition) is 0. The van der Waals surface area contributed by atoms with Crippen molar-refractivity contribution in [1.82, 2.24) is 14.3 Å². The molecule has 7 nitrogen and oxygen atoms in total. The van der Waals surface area contributed by atoms with Crippen LogP contribution in [-0.2, 0) is 4.79 Å². The molecule has 4 aromatic rings. The molecule has 2 saturated heterocycles. The fourth-order valence-corrected chi connectivity index (χ4v) is 6.51. The number of halogens is 1. The number of anilines is 2. The van der Waals surface area contributed by atoms with Crippen LogP contribution in [-0.4, -0.2) is 50.7 Å². The van der Waals surface area contributed by atoms with Gasteiger partial charge >= 0.3 is 0 Å². The maximum atomic E-state index is 13.8. The van der Waals surface area contributed by atoms with E-state index in [0.29, 0.717) is 52.4 Å². The van der Waals surface area contributed by atoms with Crippen molar-refractivity contribution < 1.29 is 9.18 Å². The van der Waals surface area contributed by atoms with E-state index in [-0.39, 0.29) is 23.3 Å². The number of nitrogens with zero attached hydrogens (tertiary/aromatic N) is 5. The SMILES string of the molecule is CC(c1ccccc1)N1C(=O)C(=Cc2c(N3CCN(c4ccc(F)cc4)CC3)nc3ccccn3c2=O)SC1=S. The van der Waals surface area contributed by atoms with Crippen molar-refractivity contribution in [1.29, 1.82) is 0 Å². The van der Waals surface area contributed by atoms with Crippen LogP contribution in [0.3, 0.4) is 0 Å². The quantitative estimate of drug-likeness (QED) is 0.243. The highest BCUT2D eigenvalue weighted by molar-refractivity contribution is 8.26. The van der Waals surface area contributed by atoms with E-state index in [0.717, 1.165) is 11.3 Å². The van der Waals surface area contributed by atoms with Gasteiger partial charge in [-0.05, 0) is 55.0 Å². The highest BCUT2D eigenvalue weighted by Gasteiger charge is 2.36. The summed E-state index contributed by atoms with van der Waals surface area (Å²) in [5.74, 6) is 0.0452. The first-order chi connectivity index (χ1) is 19.4. The molecule has 0 saturated carbocycles. The third-order valence-electron chi connectivity index (χ3n) is 7.29. The monoisotopic (exact) mass is 571 g/mol. The van der Waals surface area contributed by atoms with Crippen LogP contribution in [0.5, 0.6) is 0 Å². The van der Waals surface area contributed by atoms with Crippen molar-refractivity contribution in [2.75, 3.05) is 36.0 Å². The van der Waals surface area contributed by atoms with Gasteiger partial charge in [0.25, 0.3) is 11.5 Å². The van der Waals surface area contributed by atoms with Crippen LogP contribution >= 0.6 is 24.0 Å². The number of fused-ring (bicyclic) bond motifs is 1. The molecule has 6 rings (SSSR count). The zero-order valence-electron chi connectivity index (χ0n) is 21.7. The van der Waals surface area contributed by atoms with Gasteiger partial charge in [-0.3, -0.25) is 18.9 Å². The van der Waals surface area contributed by atoms with E-state index in [9.17, 15) is 14.0 Å². The first-order valence-electron chi connectivity index (χ1n) is 13.0. The van der Waals surface area contributed by atoms with E-state index < -0.39 is 0 Å². The van der Waals surface area contributed by atoms with E-state index >= 15 is 0 Å². The molecule has 2 fully saturated rings. The molecule has 0 spiro atoms. The van der Waals surface area contributed by atoms with Gasteiger partial charge in [0.05, 0.1) is 16.5 Å². The second-order valence-electron chi connectivity index (χ2n) is 9.67. The number of rotatable bonds is 5. The number of pyridine rings is 1. The van der Waals surface area contributed by atoms with Crippen LogP contribution in [0.4, 0.5) is 15.9 Å². The summed E-state index contributed by atoms with van der Waals surface area (Å²) in [6, 6.07) is 21.4. The first kappa shape index (κ1) is 26.2. The third kappa shape index (κ3) is 4.89. The third-order valence-corrected chi connectivity index (χ3v) is 8.62. The van der Waals surface area contributed by atoms with Gasteiger partial charge in [-0.1, -0.05) is 60.4 Å². The van der Waals surface area contributed by atoms with Crippen molar-refractivity contribution in [3.8, 4) is 0 Å². The molecule has 10 heteroatoms. The summed E-state index contributed by atoms with van der Waals surface area (Å²) in [6.45, 7) is 4.52. The lowest BCUT2D eigenvalue weighted by Gasteiger charge is -2.37. The molecule has 1 amide bonds. The molecular formula is C30H26FN5O2S2. The second-order valence-corrected chi connectivity index (χ2v) is 11.3. The lowest BCUT2D eigenvalue weighted by molar-refractivity contribution is -0.123. The summed E-state index contributed by atoms with van der Waals surface area (Å²) in [6.07, 6.45) is 3.33. The molecule has 40 heavy (non-hydrogen) atoms. The molecule has 0 aliphatic carbocycles. The van der Waals surface area contributed by atoms with Crippen molar-refractivity contribution in [3.05, 3.63) is 111 Å². The number of thioether (sulfide) groups is 1. The van der Waals surface area contributed by atoms with Gasteiger partial charge in [0.2, 0.25) is 0 Å². The molecule has 2 aromatic heterocycles. The molecule has 0 bridgehead atoms. The Hall–Kier alpha value is -4.02. The molecule has 2 aliphatic heterocycles. The Kier molecular flexibility index (Phi) is 7.12. The summed E-state index contributed by atoms with van der Waals surface area (Å²) in [4.78, 5) is 38.5. The molecular weight excluding hydrogens is 545 g/mol. The molecule has 2 aromatic carbocycles. The normalized spacial score (nSPS) is 17.8. The maximum absolute atomic E-state index is 13.8. The van der Waals surface area contributed by atoms with Gasteiger partial charge in [-0.2, -0.15) is 0 Å². The molecule has 0 N–H and O–H groups in total. The molecule has 2 aliphatic rings. The predicted octanol–water partition coefficient (Wildman–Crippen LogP) is 5.12. The number of piperazine rings is 1. The minimum absolute atomic E-state index is 0.226. The zero-order chi connectivity index (χ0) is 27.8. The summed E-state index contributed by atoms with van der Waals surface area (Å²) in [7, 11) is 0. The van der Waals surface area contributed by atoms with Crippen molar-refractivity contribution in [3.63, 3.8) is 0 Å². The Morgan fingerprint density at radius 2 is 1.60 bits per heavy atom. The summed E-state index contributed by atoms with van der Waals surface area (Å²) >= 11 is 6.81. The van der Waals surface area contributed by atoms with Crippen LogP contribution in [0.2, 0.25) is 0 Å². The van der Waals surface area contributed by atoms with Crippen molar-refractivity contribution in [2.45, 2.75) is 13.0 Å². The van der Waals surface area contributed by atoms with Crippen LogP contribution in [0.25, 0.3) is 11.7 Å². The number of amides is 1. The fraction of sp³-hybridized carbons (Fsp3) is 0.200. The largest absolute Gasteiger partial charge is 0.368 e. The lowest BCUT2D eigenvalue weighted by Crippen LogP contribution is -2.47. The minimum atomic E-state index is -0.267. The Morgan fingerprint density at radius 3 is 2.33 bits per heavy atom. The standard InChI is InChI=1S/C30H26FN5O2S2/c1-20(21-7-3-2-4-8-21)36-29(38)25(40-30(36)39)19-24-27(32-26-9-5-6-14-35(26)28(24)37)34-17-15-33(16-18-34)23-12-10-22(31)11-13-23/h2-14,19-20H,15-18H2,1H3. The summed E-state index contributed by atoms with van der Waals surface area (Å²) in [5, 5.41) is 0. The van der Waals surface area contributed by atoms with Gasteiger partial charge in [0.15, 0.2) is 0 Å². The second kappa shape index (κ2) is 10.9. The summed E-state index contributed by atoms with van der Waals surface area (Å²) in [5.41, 5.74) is 2.57. The molecule has 202 valence electrons. The molecule has 4 heterocycles. The minimum Gasteiger partial charge on any atom is -0.368 e. The topological polar surface area (TPSA) is 61.2 Å². The first-order valence-corrected chi connectivity index (χ1v) is 14.2. The molecule has 0 radical (unpaired) electrons. The average molecular weight is 572 g/mol. The maximum Gasteiger partial charge on any atom is 0.267 e. The highest BCUT2D eigenvalue weighted by atomic mass is 32.2. The van der Waals surface area contributed by atoms with Crippen LogP contribution in [0.15, 0.2) is 88.7 Å². The molecule has 1 atom stereocenters. The molecule has 1 unspecified atom stereocenters. The number of thiocarbonyl (C=S) groups is 1. The van der Waals surface area contributed by atoms with E-state index in [4.69, 9.17) is 17.2 Å². The number of aromatic nitrogens is 2. The Labute approximate surface area is 240 Å². The Morgan fingerprint density at radius 1 is 0.925 bits per heavy atom. The predicted molar refractivity (Wildman–Crippen MR) is 162 cm³/mol. The smallest absolute Gasteiger partial charge is 0.267 e.